The predicted octanol–water partition coefficient (Wildman–Crippen LogP) is 2.82. The number of hydrogen-bond acceptors (Lipinski definition) is 9. The van der Waals surface area contributed by atoms with Crippen molar-refractivity contribution in [3.63, 3.8) is 0 Å². The van der Waals surface area contributed by atoms with Gasteiger partial charge in [0.2, 0.25) is 5.75 Å². The summed E-state index contributed by atoms with van der Waals surface area (Å²) in [6, 6.07) is 5.96. The highest BCUT2D eigenvalue weighted by Gasteiger charge is 2.33. The highest BCUT2D eigenvalue weighted by Crippen LogP contribution is 2.40. The van der Waals surface area contributed by atoms with Crippen LogP contribution >= 0.6 is 0 Å². The fourth-order valence-corrected chi connectivity index (χ4v) is 4.52. The van der Waals surface area contributed by atoms with Gasteiger partial charge in [0.15, 0.2) is 5.69 Å². The van der Waals surface area contributed by atoms with Crippen LogP contribution in [0.15, 0.2) is 46.2 Å². The Kier molecular flexibility index (Phi) is 7.87. The average molecular weight is 536 g/mol. The third-order valence-corrected chi connectivity index (χ3v) is 6.43. The molecule has 39 heavy (non-hydrogen) atoms. The van der Waals surface area contributed by atoms with Crippen LogP contribution in [0.1, 0.15) is 57.5 Å². The van der Waals surface area contributed by atoms with E-state index < -0.39 is 40.6 Å². The maximum Gasteiger partial charge on any atom is 0.296 e. The third kappa shape index (κ3) is 5.41. The standard InChI is InChI=1S/C26H26FN7O5/c1-14(24-31-22(23(35)26(37)33(24)3)25(36)30-18-11-29-39-13-18)21(19-9-17(27)6-5-16(19)10-28)20-12-34(7-8-38-4)32-15(20)2/h5-6,9,11-14,21,35H,7-8H2,1-4H3,(H,30,36)/t14-,21-/m1/s1. The Bertz CT molecular complexity index is 1600. The molecule has 0 spiro atoms. The lowest BCUT2D eigenvalue weighted by molar-refractivity contribution is 0.101. The van der Waals surface area contributed by atoms with E-state index >= 15 is 0 Å². The van der Waals surface area contributed by atoms with E-state index in [9.17, 15) is 24.3 Å². The van der Waals surface area contributed by atoms with Gasteiger partial charge in [0.25, 0.3) is 11.5 Å². The summed E-state index contributed by atoms with van der Waals surface area (Å²) < 4.78 is 27.2. The summed E-state index contributed by atoms with van der Waals surface area (Å²) in [5.41, 5.74) is 0.708. The molecule has 4 rings (SSSR count). The zero-order chi connectivity index (χ0) is 28.3. The molecule has 0 aliphatic carbocycles. The number of aromatic hydroxyl groups is 1. The van der Waals surface area contributed by atoms with E-state index in [0.717, 1.165) is 4.57 Å². The quantitative estimate of drug-likeness (QED) is 0.328. The molecule has 0 fully saturated rings. The topological polar surface area (TPSA) is 161 Å². The number of carbonyl (C=O) groups is 1. The number of benzene rings is 1. The van der Waals surface area contributed by atoms with E-state index in [-0.39, 0.29) is 17.1 Å². The average Bonchev–Trinajstić information content (AvgIpc) is 3.56. The van der Waals surface area contributed by atoms with E-state index in [4.69, 9.17) is 9.26 Å². The van der Waals surface area contributed by atoms with Crippen molar-refractivity contribution in [2.24, 2.45) is 7.05 Å². The Morgan fingerprint density at radius 3 is 2.79 bits per heavy atom. The molecule has 13 heteroatoms. The lowest BCUT2D eigenvalue weighted by atomic mass is 9.79. The van der Waals surface area contributed by atoms with Gasteiger partial charge in [0.1, 0.15) is 23.6 Å². The number of aryl methyl sites for hydroxylation is 1. The number of hydrogen-bond donors (Lipinski definition) is 2. The summed E-state index contributed by atoms with van der Waals surface area (Å²) in [5, 5.41) is 30.8. The molecule has 0 radical (unpaired) electrons. The largest absolute Gasteiger partial charge is 0.501 e. The minimum atomic E-state index is -0.856. The second-order valence-corrected chi connectivity index (χ2v) is 8.93. The third-order valence-electron chi connectivity index (χ3n) is 6.43. The normalized spacial score (nSPS) is 12.6. The molecule has 1 aromatic carbocycles. The Morgan fingerprint density at radius 1 is 1.36 bits per heavy atom. The number of anilines is 1. The number of amides is 1. The van der Waals surface area contributed by atoms with Crippen molar-refractivity contribution in [2.75, 3.05) is 19.0 Å². The highest BCUT2D eigenvalue weighted by atomic mass is 19.1. The molecule has 0 saturated heterocycles. The minimum Gasteiger partial charge on any atom is -0.501 e. The summed E-state index contributed by atoms with van der Waals surface area (Å²) in [7, 11) is 2.98. The first-order valence-corrected chi connectivity index (χ1v) is 11.9. The fourth-order valence-electron chi connectivity index (χ4n) is 4.52. The number of nitrogens with zero attached hydrogens (tertiary/aromatic N) is 6. The number of carbonyl (C=O) groups excluding carboxylic acids is 1. The summed E-state index contributed by atoms with van der Waals surface area (Å²) in [6.45, 7) is 4.38. The van der Waals surface area contributed by atoms with Gasteiger partial charge in [-0.2, -0.15) is 10.4 Å². The van der Waals surface area contributed by atoms with Gasteiger partial charge in [-0.25, -0.2) is 9.37 Å². The molecule has 4 aromatic rings. The van der Waals surface area contributed by atoms with Crippen LogP contribution in [0.2, 0.25) is 0 Å². The second kappa shape index (κ2) is 11.3. The van der Waals surface area contributed by atoms with Crippen LogP contribution < -0.4 is 10.9 Å². The van der Waals surface area contributed by atoms with E-state index in [1.54, 1.807) is 31.8 Å². The molecule has 2 atom stereocenters. The Hall–Kier alpha value is -4.83. The first-order chi connectivity index (χ1) is 18.7. The van der Waals surface area contributed by atoms with Crippen LogP contribution in [0.25, 0.3) is 0 Å². The van der Waals surface area contributed by atoms with Gasteiger partial charge in [0, 0.05) is 37.8 Å². The smallest absolute Gasteiger partial charge is 0.296 e. The van der Waals surface area contributed by atoms with Crippen LogP contribution in [0.5, 0.6) is 5.75 Å². The summed E-state index contributed by atoms with van der Waals surface area (Å²) in [5.74, 6) is -3.53. The first-order valence-electron chi connectivity index (χ1n) is 11.9. The Morgan fingerprint density at radius 2 is 2.13 bits per heavy atom. The fraction of sp³-hybridized carbons (Fsp3) is 0.308. The van der Waals surface area contributed by atoms with Crippen LogP contribution in [0, 0.1) is 24.1 Å². The van der Waals surface area contributed by atoms with Crippen LogP contribution in [-0.2, 0) is 18.3 Å². The number of halogens is 1. The number of rotatable bonds is 9. The molecular weight excluding hydrogens is 509 g/mol. The van der Waals surface area contributed by atoms with Crippen molar-refractivity contribution in [3.8, 4) is 11.8 Å². The molecule has 0 saturated carbocycles. The molecule has 0 aliphatic rings. The highest BCUT2D eigenvalue weighted by molar-refractivity contribution is 6.04. The van der Waals surface area contributed by atoms with E-state index in [1.807, 2.05) is 0 Å². The zero-order valence-corrected chi connectivity index (χ0v) is 21.7. The van der Waals surface area contributed by atoms with Crippen molar-refractivity contribution < 1.29 is 23.6 Å². The van der Waals surface area contributed by atoms with Crippen molar-refractivity contribution in [3.05, 3.63) is 86.9 Å². The van der Waals surface area contributed by atoms with Crippen molar-refractivity contribution in [1.82, 2.24) is 24.5 Å². The minimum absolute atomic E-state index is 0.121. The van der Waals surface area contributed by atoms with Gasteiger partial charge in [-0.05, 0) is 30.7 Å². The van der Waals surface area contributed by atoms with Gasteiger partial charge < -0.3 is 19.7 Å². The molecule has 0 bridgehead atoms. The summed E-state index contributed by atoms with van der Waals surface area (Å²) >= 11 is 0. The zero-order valence-electron chi connectivity index (χ0n) is 21.7. The molecule has 202 valence electrons. The predicted molar refractivity (Wildman–Crippen MR) is 136 cm³/mol. The first kappa shape index (κ1) is 27.2. The maximum absolute atomic E-state index is 14.5. The van der Waals surface area contributed by atoms with Crippen LogP contribution in [-0.4, -0.2) is 49.2 Å². The van der Waals surface area contributed by atoms with Crippen molar-refractivity contribution >= 4 is 11.6 Å². The van der Waals surface area contributed by atoms with E-state index in [0.29, 0.717) is 30.0 Å². The summed E-state index contributed by atoms with van der Waals surface area (Å²) in [4.78, 5) is 30.3. The van der Waals surface area contributed by atoms with Crippen molar-refractivity contribution in [1.29, 1.82) is 5.26 Å². The molecule has 2 N–H and O–H groups in total. The molecular formula is C26H26FN7O5. The number of nitrogens with one attached hydrogen (secondary N) is 1. The van der Waals surface area contributed by atoms with Gasteiger partial charge >= 0.3 is 0 Å². The van der Waals surface area contributed by atoms with Gasteiger partial charge in [-0.1, -0.05) is 12.1 Å². The van der Waals surface area contributed by atoms with E-state index in [1.165, 1.54) is 37.7 Å². The lowest BCUT2D eigenvalue weighted by Crippen LogP contribution is -2.29. The molecule has 0 aliphatic heterocycles. The number of methoxy groups -OCH3 is 1. The molecule has 0 unspecified atom stereocenters. The molecule has 3 aromatic heterocycles. The van der Waals surface area contributed by atoms with Gasteiger partial charge in [-0.3, -0.25) is 18.8 Å². The number of ether oxygens (including phenoxy) is 1. The SMILES string of the molecule is COCCn1cc([C@@H](c2cc(F)ccc2C#N)[C@@H](C)c2nc(C(=O)Nc3cnoc3)c(O)c(=O)n2C)c(C)n1. The van der Waals surface area contributed by atoms with Crippen LogP contribution in [0.3, 0.4) is 0 Å². The molecule has 1 amide bonds. The lowest BCUT2D eigenvalue weighted by Gasteiger charge is -2.26. The Balaban J connectivity index is 1.89. The summed E-state index contributed by atoms with van der Waals surface area (Å²) in [6.07, 6.45) is 4.19. The Labute approximate surface area is 222 Å². The van der Waals surface area contributed by atoms with E-state index in [2.05, 4.69) is 26.6 Å². The second-order valence-electron chi connectivity index (χ2n) is 8.93. The van der Waals surface area contributed by atoms with Crippen LogP contribution in [0.4, 0.5) is 10.1 Å². The maximum atomic E-state index is 14.5. The monoisotopic (exact) mass is 535 g/mol. The number of nitriles is 1. The van der Waals surface area contributed by atoms with Crippen molar-refractivity contribution in [2.45, 2.75) is 32.2 Å². The number of aromatic nitrogens is 5. The molecule has 12 nitrogen and oxygen atoms in total. The molecule has 3 heterocycles. The van der Waals surface area contributed by atoms with Gasteiger partial charge in [-0.15, -0.1) is 0 Å². The van der Waals surface area contributed by atoms with Gasteiger partial charge in [0.05, 0.1) is 36.7 Å².